The Labute approximate surface area is 116 Å². The number of aryl methyl sites for hydroxylation is 1. The molecule has 12 heavy (non-hydrogen) atoms. The van der Waals surface area contributed by atoms with E-state index in [2.05, 4.69) is 0 Å². The van der Waals surface area contributed by atoms with Crippen molar-refractivity contribution in [2.24, 2.45) is 0 Å². The Balaban J connectivity index is 0.00000121. The smallest absolute Gasteiger partial charge is 0.444 e. The van der Waals surface area contributed by atoms with E-state index in [9.17, 15) is 12.9 Å². The second-order valence-electron chi connectivity index (χ2n) is 2.23. The fourth-order valence-electron chi connectivity index (χ4n) is 0.760. The molecule has 1 rings (SSSR count). The quantitative estimate of drug-likeness (QED) is 0.580. The third kappa shape index (κ3) is 3.51. The van der Waals surface area contributed by atoms with Gasteiger partial charge in [-0.05, 0) is 6.42 Å². The van der Waals surface area contributed by atoms with E-state index >= 15 is 0 Å². The predicted octanol–water partition coefficient (Wildman–Crippen LogP) is -0.631. The van der Waals surface area contributed by atoms with Crippen LogP contribution < -0.4 is 56.2 Å². The van der Waals surface area contributed by atoms with Gasteiger partial charge in [0.1, 0.15) is 0 Å². The van der Waals surface area contributed by atoms with E-state index in [0.29, 0.717) is 6.42 Å². The first-order valence-electron chi connectivity index (χ1n) is 3.32. The molecule has 1 aromatic rings. The Kier molecular flexibility index (Phi) is 5.68. The van der Waals surface area contributed by atoms with E-state index in [0.717, 1.165) is 22.3 Å². The predicted molar refractivity (Wildman–Crippen MR) is 42.4 cm³/mol. The topological polar surface area (TPSA) is 0 Å². The molecule has 0 aromatic carbocycles. The van der Waals surface area contributed by atoms with E-state index < -0.39 is 11.8 Å². The minimum absolute atomic E-state index is 0. The van der Waals surface area contributed by atoms with Crippen molar-refractivity contribution in [2.75, 3.05) is 0 Å². The molecule has 0 saturated carbocycles. The molecule has 62 valence electrons. The van der Waals surface area contributed by atoms with Crippen LogP contribution in [0.2, 0.25) is 0 Å². The van der Waals surface area contributed by atoms with Gasteiger partial charge >= 0.3 is 58.4 Å². The van der Waals surface area contributed by atoms with Gasteiger partial charge in [0.05, 0.1) is 0 Å². The van der Waals surface area contributed by atoms with Crippen molar-refractivity contribution in [3.05, 3.63) is 17.0 Å². The molecule has 1 heterocycles. The van der Waals surface area contributed by atoms with Crippen molar-refractivity contribution in [2.45, 2.75) is 13.3 Å². The molecule has 0 spiro atoms. The molecule has 0 aliphatic carbocycles. The van der Waals surface area contributed by atoms with Gasteiger partial charge in [-0.3, -0.25) is 0 Å². The van der Waals surface area contributed by atoms with Crippen LogP contribution in [0.25, 0.3) is 0 Å². The number of hydrogen-bond acceptors (Lipinski definition) is 1. The van der Waals surface area contributed by atoms with E-state index in [-0.39, 0.29) is 51.4 Å². The summed E-state index contributed by atoms with van der Waals surface area (Å²) in [6.45, 7) is -2.93. The SMILES string of the molecule is CCc1ccc([B-](F)(F)F)s1.[K+]. The van der Waals surface area contributed by atoms with Gasteiger partial charge in [-0.1, -0.05) is 23.8 Å². The second kappa shape index (κ2) is 5.17. The molecule has 0 amide bonds. The zero-order chi connectivity index (χ0) is 8.48. The second-order valence-corrected chi connectivity index (χ2v) is 3.43. The monoisotopic (exact) mass is 218 g/mol. The van der Waals surface area contributed by atoms with Gasteiger partial charge < -0.3 is 12.9 Å². The molecule has 0 radical (unpaired) electrons. The van der Waals surface area contributed by atoms with Gasteiger partial charge in [0.15, 0.2) is 0 Å². The van der Waals surface area contributed by atoms with Crippen LogP contribution in [0.1, 0.15) is 11.8 Å². The van der Waals surface area contributed by atoms with Gasteiger partial charge in [0.2, 0.25) is 0 Å². The number of thiophene rings is 1. The van der Waals surface area contributed by atoms with Gasteiger partial charge in [0, 0.05) is 4.88 Å². The molecule has 0 atom stereocenters. The van der Waals surface area contributed by atoms with Gasteiger partial charge in [-0.25, -0.2) is 0 Å². The normalized spacial score (nSPS) is 11.0. The summed E-state index contributed by atoms with van der Waals surface area (Å²) in [5.41, 5.74) is 0. The average Bonchev–Trinajstić information content (AvgIpc) is 2.32. The molecule has 0 N–H and O–H groups in total. The zero-order valence-electron chi connectivity index (χ0n) is 6.98. The standard InChI is InChI=1S/C6H7BF3S.K/c1-2-5-3-4-6(11-5)7(8,9)10;/h3-4H,2H2,1H3;/q-1;+1. The third-order valence-electron chi connectivity index (χ3n) is 1.35. The molecule has 0 aliphatic rings. The Morgan fingerprint density at radius 2 is 1.92 bits per heavy atom. The van der Waals surface area contributed by atoms with Crippen molar-refractivity contribution in [1.82, 2.24) is 0 Å². The molecular weight excluding hydrogens is 211 g/mol. The van der Waals surface area contributed by atoms with Gasteiger partial charge in [0.25, 0.3) is 0 Å². The first-order chi connectivity index (χ1) is 5.04. The molecule has 0 aliphatic heterocycles. The molecular formula is C6H7BF3KS. The number of rotatable bonds is 2. The van der Waals surface area contributed by atoms with Crippen molar-refractivity contribution in [3.8, 4) is 0 Å². The van der Waals surface area contributed by atoms with Crippen LogP contribution in [0.15, 0.2) is 12.1 Å². The maximum absolute atomic E-state index is 12.0. The van der Waals surface area contributed by atoms with Crippen LogP contribution in [0.5, 0.6) is 0 Å². The minimum atomic E-state index is -4.77. The van der Waals surface area contributed by atoms with Gasteiger partial charge in [-0.2, -0.15) is 11.3 Å². The van der Waals surface area contributed by atoms with Crippen LogP contribution in [0.4, 0.5) is 12.9 Å². The van der Waals surface area contributed by atoms with Crippen LogP contribution in [0, 0.1) is 0 Å². The molecule has 0 fully saturated rings. The van der Waals surface area contributed by atoms with Crippen LogP contribution in [-0.2, 0) is 6.42 Å². The summed E-state index contributed by atoms with van der Waals surface area (Å²) < 4.78 is 35.6. The van der Waals surface area contributed by atoms with Crippen LogP contribution >= 0.6 is 11.3 Å². The van der Waals surface area contributed by atoms with E-state index in [4.69, 9.17) is 0 Å². The third-order valence-corrected chi connectivity index (χ3v) is 2.68. The molecule has 0 nitrogen and oxygen atoms in total. The van der Waals surface area contributed by atoms with Crippen molar-refractivity contribution >= 4 is 23.1 Å². The summed E-state index contributed by atoms with van der Waals surface area (Å²) in [6, 6.07) is 2.69. The largest absolute Gasteiger partial charge is 1.00 e. The average molecular weight is 218 g/mol. The molecule has 0 bridgehead atoms. The maximum atomic E-state index is 12.0. The summed E-state index contributed by atoms with van der Waals surface area (Å²) >= 11 is 0.843. The van der Waals surface area contributed by atoms with E-state index in [1.807, 2.05) is 6.92 Å². The number of hydrogen-bond donors (Lipinski definition) is 0. The van der Waals surface area contributed by atoms with Crippen molar-refractivity contribution < 1.29 is 64.3 Å². The summed E-state index contributed by atoms with van der Waals surface area (Å²) in [6.07, 6.45) is 0.677. The van der Waals surface area contributed by atoms with Crippen LogP contribution in [-0.4, -0.2) is 6.98 Å². The maximum Gasteiger partial charge on any atom is 1.00 e. The first-order valence-corrected chi connectivity index (χ1v) is 4.14. The Hall–Kier alpha value is 1.19. The number of halogens is 3. The first kappa shape index (κ1) is 13.2. The molecule has 0 saturated heterocycles. The zero-order valence-corrected chi connectivity index (χ0v) is 10.9. The summed E-state index contributed by atoms with van der Waals surface area (Å²) in [5, 5.41) is 0. The van der Waals surface area contributed by atoms with E-state index in [1.165, 1.54) is 6.07 Å². The fourth-order valence-corrected chi connectivity index (χ4v) is 1.61. The Bertz CT molecular complexity index is 245. The van der Waals surface area contributed by atoms with Crippen molar-refractivity contribution in [3.63, 3.8) is 0 Å². The minimum Gasteiger partial charge on any atom is -0.444 e. The molecule has 0 unspecified atom stereocenters. The van der Waals surface area contributed by atoms with Gasteiger partial charge in [-0.15, -0.1) is 0 Å². The van der Waals surface area contributed by atoms with E-state index in [1.54, 1.807) is 0 Å². The summed E-state index contributed by atoms with van der Waals surface area (Å²) in [5.74, 6) is 0. The Morgan fingerprint density at radius 3 is 2.17 bits per heavy atom. The fraction of sp³-hybridized carbons (Fsp3) is 0.333. The molecule has 1 aromatic heterocycles. The Morgan fingerprint density at radius 1 is 1.33 bits per heavy atom. The van der Waals surface area contributed by atoms with Crippen LogP contribution in [0.3, 0.4) is 0 Å². The summed E-state index contributed by atoms with van der Waals surface area (Å²) in [7, 11) is 0. The summed E-state index contributed by atoms with van der Waals surface area (Å²) in [4.78, 5) is 0.791. The molecule has 6 heteroatoms. The van der Waals surface area contributed by atoms with Crippen molar-refractivity contribution in [1.29, 1.82) is 0 Å².